The lowest BCUT2D eigenvalue weighted by Gasteiger charge is -2.10. The summed E-state index contributed by atoms with van der Waals surface area (Å²) in [6.45, 7) is 3.71. The first kappa shape index (κ1) is 12.7. The molecule has 0 saturated heterocycles. The molecule has 5 nitrogen and oxygen atoms in total. The topological polar surface area (TPSA) is 66.5 Å². The van der Waals surface area contributed by atoms with E-state index in [1.165, 1.54) is 0 Å². The lowest BCUT2D eigenvalue weighted by molar-refractivity contribution is 0.716. The van der Waals surface area contributed by atoms with Crippen LogP contribution >= 0.6 is 15.9 Å². The summed E-state index contributed by atoms with van der Waals surface area (Å²) in [4.78, 5) is 3.92. The lowest BCUT2D eigenvalue weighted by Crippen LogP contribution is -2.14. The molecule has 2 rings (SSSR count). The van der Waals surface area contributed by atoms with Crippen molar-refractivity contribution in [2.75, 3.05) is 6.54 Å². The number of aromatic nitrogens is 3. The average molecular weight is 306 g/mol. The summed E-state index contributed by atoms with van der Waals surface area (Å²) in [5.41, 5.74) is 2.02. The summed E-state index contributed by atoms with van der Waals surface area (Å²) in [7, 11) is 0. The summed E-state index contributed by atoms with van der Waals surface area (Å²) < 4.78 is 2.59. The highest BCUT2D eigenvalue weighted by Gasteiger charge is 2.08. The molecule has 1 aromatic heterocycles. The Morgan fingerprint density at radius 2 is 2.33 bits per heavy atom. The van der Waals surface area contributed by atoms with Crippen molar-refractivity contribution >= 4 is 15.9 Å². The SMILES string of the molecule is CCNCc1ccc(Br)cc1-n1cnc(C#N)n1. The van der Waals surface area contributed by atoms with Crippen LogP contribution in [0.2, 0.25) is 0 Å². The third-order valence-corrected chi connectivity index (χ3v) is 2.94. The molecule has 92 valence electrons. The number of nitrogens with zero attached hydrogens (tertiary/aromatic N) is 4. The van der Waals surface area contributed by atoms with Gasteiger partial charge in [0.2, 0.25) is 0 Å². The molecule has 18 heavy (non-hydrogen) atoms. The van der Waals surface area contributed by atoms with E-state index in [-0.39, 0.29) is 5.82 Å². The molecule has 0 aliphatic heterocycles. The van der Waals surface area contributed by atoms with E-state index in [1.54, 1.807) is 11.0 Å². The average Bonchev–Trinajstić information content (AvgIpc) is 2.86. The second kappa shape index (κ2) is 5.76. The highest BCUT2D eigenvalue weighted by Crippen LogP contribution is 2.19. The number of rotatable bonds is 4. The molecule has 0 saturated carbocycles. The summed E-state index contributed by atoms with van der Waals surface area (Å²) in [6.07, 6.45) is 1.55. The third-order valence-electron chi connectivity index (χ3n) is 2.45. The van der Waals surface area contributed by atoms with Crippen LogP contribution in [0.25, 0.3) is 5.69 Å². The Bertz CT molecular complexity index is 584. The van der Waals surface area contributed by atoms with Gasteiger partial charge in [0.1, 0.15) is 12.4 Å². The molecule has 0 bridgehead atoms. The normalized spacial score (nSPS) is 10.3. The molecule has 0 unspecified atom stereocenters. The monoisotopic (exact) mass is 305 g/mol. The number of hydrogen-bond donors (Lipinski definition) is 1. The second-order valence-electron chi connectivity index (χ2n) is 3.68. The van der Waals surface area contributed by atoms with Crippen LogP contribution in [0.4, 0.5) is 0 Å². The van der Waals surface area contributed by atoms with Crippen molar-refractivity contribution in [3.63, 3.8) is 0 Å². The van der Waals surface area contributed by atoms with Gasteiger partial charge in [-0.1, -0.05) is 28.9 Å². The van der Waals surface area contributed by atoms with Gasteiger partial charge in [0.05, 0.1) is 5.69 Å². The van der Waals surface area contributed by atoms with Gasteiger partial charge in [0.15, 0.2) is 0 Å². The van der Waals surface area contributed by atoms with Crippen LogP contribution in [-0.4, -0.2) is 21.3 Å². The zero-order chi connectivity index (χ0) is 13.0. The Kier molecular flexibility index (Phi) is 4.07. The maximum absolute atomic E-state index is 8.75. The first-order valence-corrected chi connectivity index (χ1v) is 6.35. The van der Waals surface area contributed by atoms with Crippen molar-refractivity contribution in [3.8, 4) is 11.8 Å². The zero-order valence-corrected chi connectivity index (χ0v) is 11.5. The smallest absolute Gasteiger partial charge is 0.252 e. The molecule has 0 amide bonds. The third kappa shape index (κ3) is 2.75. The fourth-order valence-corrected chi connectivity index (χ4v) is 1.94. The van der Waals surface area contributed by atoms with Gasteiger partial charge < -0.3 is 5.32 Å². The van der Waals surface area contributed by atoms with E-state index < -0.39 is 0 Å². The van der Waals surface area contributed by atoms with Crippen molar-refractivity contribution < 1.29 is 0 Å². The zero-order valence-electron chi connectivity index (χ0n) is 9.89. The van der Waals surface area contributed by atoms with Gasteiger partial charge in [0.25, 0.3) is 5.82 Å². The number of benzene rings is 1. The molecule has 0 aliphatic rings. The van der Waals surface area contributed by atoms with Crippen LogP contribution in [-0.2, 0) is 6.54 Å². The Balaban J connectivity index is 2.41. The molecular weight excluding hydrogens is 294 g/mol. The van der Waals surface area contributed by atoms with Crippen LogP contribution in [0.15, 0.2) is 29.0 Å². The number of nitriles is 1. The van der Waals surface area contributed by atoms with Crippen molar-refractivity contribution in [2.24, 2.45) is 0 Å². The van der Waals surface area contributed by atoms with E-state index in [1.807, 2.05) is 24.3 Å². The van der Waals surface area contributed by atoms with Gasteiger partial charge in [-0.3, -0.25) is 0 Å². The Morgan fingerprint density at radius 3 is 3.00 bits per heavy atom. The first-order valence-electron chi connectivity index (χ1n) is 5.56. The highest BCUT2D eigenvalue weighted by molar-refractivity contribution is 9.10. The molecule has 2 aromatic rings. The summed E-state index contributed by atoms with van der Waals surface area (Å²) in [6, 6.07) is 7.89. The lowest BCUT2D eigenvalue weighted by atomic mass is 10.2. The van der Waals surface area contributed by atoms with Crippen LogP contribution in [0.1, 0.15) is 18.3 Å². The van der Waals surface area contributed by atoms with E-state index >= 15 is 0 Å². The highest BCUT2D eigenvalue weighted by atomic mass is 79.9. The van der Waals surface area contributed by atoms with Crippen LogP contribution in [0.3, 0.4) is 0 Å². The maximum atomic E-state index is 8.75. The van der Waals surface area contributed by atoms with Crippen molar-refractivity contribution in [2.45, 2.75) is 13.5 Å². The standard InChI is InChI=1S/C12H12BrN5/c1-2-15-7-9-3-4-10(13)5-11(9)18-8-16-12(6-14)17-18/h3-5,8,15H,2,7H2,1H3. The largest absolute Gasteiger partial charge is 0.313 e. The predicted octanol–water partition coefficient (Wildman–Crippen LogP) is 2.01. The summed E-state index contributed by atoms with van der Waals surface area (Å²) in [5, 5.41) is 16.1. The van der Waals surface area contributed by atoms with Gasteiger partial charge in [-0.25, -0.2) is 9.67 Å². The van der Waals surface area contributed by atoms with E-state index in [9.17, 15) is 0 Å². The summed E-state index contributed by atoms with van der Waals surface area (Å²) >= 11 is 3.44. The summed E-state index contributed by atoms with van der Waals surface area (Å²) in [5.74, 6) is 0.171. The number of nitrogens with one attached hydrogen (secondary N) is 1. The van der Waals surface area contributed by atoms with Crippen molar-refractivity contribution in [1.82, 2.24) is 20.1 Å². The van der Waals surface area contributed by atoms with Crippen molar-refractivity contribution in [3.05, 3.63) is 40.4 Å². The van der Waals surface area contributed by atoms with Gasteiger partial charge in [-0.05, 0) is 24.2 Å². The van der Waals surface area contributed by atoms with Crippen LogP contribution < -0.4 is 5.32 Å². The second-order valence-corrected chi connectivity index (χ2v) is 4.59. The molecular formula is C12H12BrN5. The van der Waals surface area contributed by atoms with Crippen molar-refractivity contribution in [1.29, 1.82) is 5.26 Å². The fourth-order valence-electron chi connectivity index (χ4n) is 1.59. The number of halogens is 1. The Hall–Kier alpha value is -1.71. The van der Waals surface area contributed by atoms with E-state index in [2.05, 4.69) is 38.3 Å². The molecule has 0 fully saturated rings. The molecule has 0 spiro atoms. The predicted molar refractivity (Wildman–Crippen MR) is 71.2 cm³/mol. The minimum atomic E-state index is 0.171. The minimum Gasteiger partial charge on any atom is -0.313 e. The van der Waals surface area contributed by atoms with E-state index in [4.69, 9.17) is 5.26 Å². The van der Waals surface area contributed by atoms with Gasteiger partial charge in [-0.2, -0.15) is 5.26 Å². The van der Waals surface area contributed by atoms with Crippen LogP contribution in [0.5, 0.6) is 0 Å². The minimum absolute atomic E-state index is 0.171. The Labute approximate surface area is 114 Å². The molecule has 0 aliphatic carbocycles. The molecule has 1 aromatic carbocycles. The Morgan fingerprint density at radius 1 is 1.50 bits per heavy atom. The van der Waals surface area contributed by atoms with Gasteiger partial charge in [-0.15, -0.1) is 5.10 Å². The quantitative estimate of drug-likeness (QED) is 0.938. The molecule has 1 heterocycles. The van der Waals surface area contributed by atoms with Gasteiger partial charge >= 0.3 is 0 Å². The maximum Gasteiger partial charge on any atom is 0.252 e. The van der Waals surface area contributed by atoms with Crippen LogP contribution in [0, 0.1) is 11.3 Å². The molecule has 0 radical (unpaired) electrons. The fraction of sp³-hybridized carbons (Fsp3) is 0.250. The molecule has 1 N–H and O–H groups in total. The van der Waals surface area contributed by atoms with Gasteiger partial charge in [0, 0.05) is 11.0 Å². The first-order chi connectivity index (χ1) is 8.74. The van der Waals surface area contributed by atoms with E-state index in [0.29, 0.717) is 0 Å². The molecule has 0 atom stereocenters. The molecule has 6 heteroatoms. The number of hydrogen-bond acceptors (Lipinski definition) is 4. The van der Waals surface area contributed by atoms with E-state index in [0.717, 1.165) is 28.8 Å².